The van der Waals surface area contributed by atoms with Crippen LogP contribution in [0.25, 0.3) is 17.1 Å². The summed E-state index contributed by atoms with van der Waals surface area (Å²) < 4.78 is 45.3. The molecule has 0 saturated heterocycles. The highest BCUT2D eigenvalue weighted by atomic mass is 19.4. The topological polar surface area (TPSA) is 39.9 Å². The lowest BCUT2D eigenvalue weighted by Crippen LogP contribution is -2.14. The van der Waals surface area contributed by atoms with Crippen molar-refractivity contribution in [3.05, 3.63) is 59.9 Å². The van der Waals surface area contributed by atoms with Gasteiger partial charge in [-0.2, -0.15) is 18.3 Å². The molecule has 0 fully saturated rings. The lowest BCUT2D eigenvalue weighted by atomic mass is 10.1. The van der Waals surface area contributed by atoms with E-state index in [-0.39, 0.29) is 5.82 Å². The zero-order valence-electron chi connectivity index (χ0n) is 13.0. The van der Waals surface area contributed by atoms with E-state index < -0.39 is 11.9 Å². The van der Waals surface area contributed by atoms with Gasteiger partial charge in [0.25, 0.3) is 0 Å². The summed E-state index contributed by atoms with van der Waals surface area (Å²) >= 11 is 0. The van der Waals surface area contributed by atoms with Crippen LogP contribution in [0.3, 0.4) is 0 Å². The maximum atomic E-state index is 13.1. The number of aryl methyl sites for hydroxylation is 1. The van der Waals surface area contributed by atoms with Gasteiger partial charge in [-0.15, -0.1) is 0 Å². The van der Waals surface area contributed by atoms with Crippen molar-refractivity contribution in [2.45, 2.75) is 13.1 Å². The second-order valence-electron chi connectivity index (χ2n) is 5.21. The Morgan fingerprint density at radius 3 is 2.58 bits per heavy atom. The molecule has 4 nitrogen and oxygen atoms in total. The van der Waals surface area contributed by atoms with Crippen molar-refractivity contribution >= 4 is 0 Å². The number of nitrogens with zero attached hydrogens (tertiary/aromatic N) is 3. The summed E-state index contributed by atoms with van der Waals surface area (Å²) in [5.74, 6) is 0.690. The number of hydrogen-bond acceptors (Lipinski definition) is 3. The second kappa shape index (κ2) is 5.99. The van der Waals surface area contributed by atoms with Crippen molar-refractivity contribution in [1.29, 1.82) is 0 Å². The third kappa shape index (κ3) is 2.97. The largest absolute Gasteiger partial charge is 0.496 e. The predicted molar refractivity (Wildman–Crippen MR) is 83.1 cm³/mol. The molecule has 3 aromatic rings. The Morgan fingerprint density at radius 2 is 1.88 bits per heavy atom. The van der Waals surface area contributed by atoms with Gasteiger partial charge in [0.15, 0.2) is 5.82 Å². The van der Waals surface area contributed by atoms with Crippen molar-refractivity contribution in [1.82, 2.24) is 14.8 Å². The molecule has 0 aliphatic rings. The molecule has 7 heteroatoms. The lowest BCUT2D eigenvalue weighted by molar-refractivity contribution is -0.142. The molecule has 0 spiro atoms. The summed E-state index contributed by atoms with van der Waals surface area (Å²) in [6, 6.07) is 11.3. The number of rotatable bonds is 3. The van der Waals surface area contributed by atoms with Crippen LogP contribution in [0.15, 0.2) is 48.7 Å². The average Bonchev–Trinajstić information content (AvgIpc) is 3.05. The molecular weight excluding hydrogens is 319 g/mol. The van der Waals surface area contributed by atoms with Crippen LogP contribution in [0.1, 0.15) is 11.3 Å². The molecule has 0 N–H and O–H groups in total. The second-order valence-corrected chi connectivity index (χ2v) is 5.21. The Bertz CT molecular complexity index is 872. The van der Waals surface area contributed by atoms with Crippen LogP contribution in [0.4, 0.5) is 13.2 Å². The van der Waals surface area contributed by atoms with Crippen LogP contribution in [-0.4, -0.2) is 21.9 Å². The molecule has 0 amide bonds. The number of methoxy groups -OCH3 is 1. The third-order valence-corrected chi connectivity index (χ3v) is 3.52. The maximum Gasteiger partial charge on any atom is 0.433 e. The first kappa shape index (κ1) is 16.0. The summed E-state index contributed by atoms with van der Waals surface area (Å²) in [6.07, 6.45) is -3.40. The molecule has 1 aromatic carbocycles. The Kier molecular flexibility index (Phi) is 4.01. The van der Waals surface area contributed by atoms with Gasteiger partial charge < -0.3 is 4.74 Å². The van der Waals surface area contributed by atoms with E-state index in [1.165, 1.54) is 13.2 Å². The lowest BCUT2D eigenvalue weighted by Gasteiger charge is -2.12. The van der Waals surface area contributed by atoms with E-state index >= 15 is 0 Å². The Balaban J connectivity index is 2.12. The van der Waals surface area contributed by atoms with Gasteiger partial charge in [0, 0.05) is 5.56 Å². The minimum absolute atomic E-state index is 0.0911. The minimum Gasteiger partial charge on any atom is -0.496 e. The number of ether oxygens (including phenoxy) is 1. The minimum atomic E-state index is -4.50. The Labute approximate surface area is 136 Å². The van der Waals surface area contributed by atoms with Crippen molar-refractivity contribution < 1.29 is 17.9 Å². The van der Waals surface area contributed by atoms with Crippen LogP contribution in [0, 0.1) is 6.92 Å². The molecule has 0 bridgehead atoms. The van der Waals surface area contributed by atoms with Crippen LogP contribution in [0.2, 0.25) is 0 Å². The molecule has 0 atom stereocenters. The van der Waals surface area contributed by atoms with E-state index in [1.54, 1.807) is 18.2 Å². The number of pyridine rings is 1. The Hall–Kier alpha value is -2.83. The molecule has 0 unspecified atom stereocenters. The summed E-state index contributed by atoms with van der Waals surface area (Å²) in [5, 5.41) is 3.75. The Morgan fingerprint density at radius 1 is 1.08 bits per heavy atom. The van der Waals surface area contributed by atoms with Gasteiger partial charge in [-0.1, -0.05) is 17.7 Å². The highest BCUT2D eigenvalue weighted by Crippen LogP contribution is 2.32. The van der Waals surface area contributed by atoms with E-state index in [2.05, 4.69) is 10.1 Å². The average molecular weight is 333 g/mol. The standard InChI is InChI=1S/C17H14F3N3O/c1-11-6-7-14(24-2)12(10-11)13-4-3-5-16(22-13)23-15(8-9-21-23)17(18,19)20/h3-10H,1-2H3. The van der Waals surface area contributed by atoms with E-state index in [4.69, 9.17) is 4.74 Å². The van der Waals surface area contributed by atoms with Crippen molar-refractivity contribution in [3.8, 4) is 22.8 Å². The fraction of sp³-hybridized carbons (Fsp3) is 0.176. The molecular formula is C17H14F3N3O. The fourth-order valence-electron chi connectivity index (χ4n) is 2.41. The van der Waals surface area contributed by atoms with E-state index in [0.717, 1.165) is 22.5 Å². The first-order chi connectivity index (χ1) is 11.4. The van der Waals surface area contributed by atoms with Gasteiger partial charge in [-0.25, -0.2) is 9.67 Å². The van der Waals surface area contributed by atoms with Gasteiger partial charge >= 0.3 is 6.18 Å². The van der Waals surface area contributed by atoms with Gasteiger partial charge in [-0.05, 0) is 37.3 Å². The van der Waals surface area contributed by atoms with Crippen molar-refractivity contribution in [2.75, 3.05) is 7.11 Å². The number of alkyl halides is 3. The summed E-state index contributed by atoms with van der Waals surface area (Å²) in [4.78, 5) is 4.33. The van der Waals surface area contributed by atoms with Crippen LogP contribution in [-0.2, 0) is 6.18 Å². The van der Waals surface area contributed by atoms with Crippen molar-refractivity contribution in [3.63, 3.8) is 0 Å². The number of hydrogen-bond donors (Lipinski definition) is 0. The van der Waals surface area contributed by atoms with E-state index in [9.17, 15) is 13.2 Å². The van der Waals surface area contributed by atoms with Gasteiger partial charge in [-0.3, -0.25) is 0 Å². The normalized spacial score (nSPS) is 11.5. The smallest absolute Gasteiger partial charge is 0.433 e. The quantitative estimate of drug-likeness (QED) is 0.719. The monoisotopic (exact) mass is 333 g/mol. The molecule has 2 aromatic heterocycles. The summed E-state index contributed by atoms with van der Waals surface area (Å²) in [7, 11) is 1.53. The SMILES string of the molecule is COc1ccc(C)cc1-c1cccc(-n2nccc2C(F)(F)F)n1. The van der Waals surface area contributed by atoms with Crippen LogP contribution in [0.5, 0.6) is 5.75 Å². The molecule has 124 valence electrons. The van der Waals surface area contributed by atoms with Crippen LogP contribution >= 0.6 is 0 Å². The molecule has 2 heterocycles. The number of aromatic nitrogens is 3. The number of halogens is 3. The molecule has 0 aliphatic heterocycles. The highest BCUT2D eigenvalue weighted by molar-refractivity contribution is 5.68. The molecule has 0 saturated carbocycles. The zero-order valence-corrected chi connectivity index (χ0v) is 13.0. The predicted octanol–water partition coefficient (Wildman–Crippen LogP) is 4.27. The van der Waals surface area contributed by atoms with E-state index in [1.807, 2.05) is 19.1 Å². The first-order valence-electron chi connectivity index (χ1n) is 7.14. The fourth-order valence-corrected chi connectivity index (χ4v) is 2.41. The first-order valence-corrected chi connectivity index (χ1v) is 7.14. The zero-order chi connectivity index (χ0) is 17.3. The summed E-state index contributed by atoms with van der Waals surface area (Å²) in [6.45, 7) is 1.92. The third-order valence-electron chi connectivity index (χ3n) is 3.52. The van der Waals surface area contributed by atoms with Crippen molar-refractivity contribution in [2.24, 2.45) is 0 Å². The molecule has 3 rings (SSSR count). The van der Waals surface area contributed by atoms with Crippen LogP contribution < -0.4 is 4.74 Å². The maximum absolute atomic E-state index is 13.1. The van der Waals surface area contributed by atoms with Gasteiger partial charge in [0.1, 0.15) is 11.4 Å². The van der Waals surface area contributed by atoms with Gasteiger partial charge in [0.05, 0.1) is 19.0 Å². The molecule has 24 heavy (non-hydrogen) atoms. The molecule has 0 aliphatic carbocycles. The number of benzene rings is 1. The van der Waals surface area contributed by atoms with Gasteiger partial charge in [0.2, 0.25) is 0 Å². The molecule has 0 radical (unpaired) electrons. The van der Waals surface area contributed by atoms with E-state index in [0.29, 0.717) is 17.0 Å². The summed E-state index contributed by atoms with van der Waals surface area (Å²) in [5.41, 5.74) is 1.34. The highest BCUT2D eigenvalue weighted by Gasteiger charge is 2.35.